The lowest BCUT2D eigenvalue weighted by atomic mass is 10.1. The number of hydrogen-bond acceptors (Lipinski definition) is 3. The fraction of sp³-hybridized carbons (Fsp3) is 0.190. The van der Waals surface area contributed by atoms with Gasteiger partial charge < -0.3 is 10.6 Å². The molecule has 0 aliphatic rings. The molecule has 0 aliphatic carbocycles. The van der Waals surface area contributed by atoms with Gasteiger partial charge in [-0.2, -0.15) is 5.10 Å². The van der Waals surface area contributed by atoms with Gasteiger partial charge in [0.1, 0.15) is 23.1 Å². The Morgan fingerprint density at radius 3 is 2.47 bits per heavy atom. The third-order valence-corrected chi connectivity index (χ3v) is 4.25. The summed E-state index contributed by atoms with van der Waals surface area (Å²) in [5.41, 5.74) is 0.750. The molecule has 0 fully saturated rings. The van der Waals surface area contributed by atoms with Gasteiger partial charge in [-0.3, -0.25) is 14.3 Å². The highest BCUT2D eigenvalue weighted by Crippen LogP contribution is 2.25. The largest absolute Gasteiger partial charge is 0.354 e. The minimum absolute atomic E-state index is 0.00514. The second-order valence-corrected chi connectivity index (χ2v) is 6.60. The Morgan fingerprint density at radius 1 is 1.00 bits per heavy atom. The van der Waals surface area contributed by atoms with Crippen molar-refractivity contribution in [3.63, 3.8) is 0 Å². The van der Waals surface area contributed by atoms with Crippen LogP contribution in [-0.4, -0.2) is 34.7 Å². The molecule has 1 aromatic heterocycles. The van der Waals surface area contributed by atoms with Crippen LogP contribution in [0.25, 0.3) is 11.3 Å². The van der Waals surface area contributed by atoms with Gasteiger partial charge in [-0.25, -0.2) is 13.2 Å². The van der Waals surface area contributed by atoms with Gasteiger partial charge in [0.2, 0.25) is 5.91 Å². The van der Waals surface area contributed by atoms with Gasteiger partial charge in [-0.1, -0.05) is 12.1 Å². The van der Waals surface area contributed by atoms with Crippen LogP contribution in [0.2, 0.25) is 0 Å². The SMILES string of the molecule is Cn1cc(C(=O)NCCNC(=O)Cc2cccc(F)c2)c(-c2ccc(F)cc2F)n1. The monoisotopic (exact) mass is 416 g/mol. The van der Waals surface area contributed by atoms with E-state index in [1.54, 1.807) is 13.1 Å². The number of amides is 2. The zero-order chi connectivity index (χ0) is 21.7. The zero-order valence-corrected chi connectivity index (χ0v) is 16.1. The van der Waals surface area contributed by atoms with Gasteiger partial charge in [0.15, 0.2) is 0 Å². The lowest BCUT2D eigenvalue weighted by Gasteiger charge is -2.08. The van der Waals surface area contributed by atoms with Crippen molar-refractivity contribution in [2.45, 2.75) is 6.42 Å². The summed E-state index contributed by atoms with van der Waals surface area (Å²) < 4.78 is 41.8. The molecule has 9 heteroatoms. The first kappa shape index (κ1) is 21.1. The molecule has 0 saturated carbocycles. The van der Waals surface area contributed by atoms with E-state index in [1.165, 1.54) is 35.1 Å². The Labute approximate surface area is 170 Å². The second kappa shape index (κ2) is 9.25. The Morgan fingerprint density at radius 2 is 1.73 bits per heavy atom. The van der Waals surface area contributed by atoms with Crippen molar-refractivity contribution >= 4 is 11.8 Å². The molecule has 0 atom stereocenters. The smallest absolute Gasteiger partial charge is 0.255 e. The number of nitrogens with zero attached hydrogens (tertiary/aromatic N) is 2. The predicted molar refractivity (Wildman–Crippen MR) is 104 cm³/mol. The zero-order valence-electron chi connectivity index (χ0n) is 16.1. The first-order valence-corrected chi connectivity index (χ1v) is 9.12. The van der Waals surface area contributed by atoms with E-state index in [9.17, 15) is 22.8 Å². The highest BCUT2D eigenvalue weighted by molar-refractivity contribution is 5.99. The number of halogens is 3. The van der Waals surface area contributed by atoms with Crippen molar-refractivity contribution in [1.29, 1.82) is 0 Å². The predicted octanol–water partition coefficient (Wildman–Crippen LogP) is 2.59. The fourth-order valence-electron chi connectivity index (χ4n) is 2.90. The van der Waals surface area contributed by atoms with Gasteiger partial charge in [-0.05, 0) is 29.8 Å². The van der Waals surface area contributed by atoms with Crippen molar-refractivity contribution in [3.8, 4) is 11.3 Å². The summed E-state index contributed by atoms with van der Waals surface area (Å²) >= 11 is 0. The van der Waals surface area contributed by atoms with Gasteiger partial charge in [0, 0.05) is 38.0 Å². The van der Waals surface area contributed by atoms with E-state index < -0.39 is 23.4 Å². The molecule has 3 rings (SSSR count). The fourth-order valence-corrected chi connectivity index (χ4v) is 2.90. The average Bonchev–Trinajstić information content (AvgIpc) is 3.06. The molecule has 30 heavy (non-hydrogen) atoms. The van der Waals surface area contributed by atoms with Crippen LogP contribution in [0.4, 0.5) is 13.2 Å². The quantitative estimate of drug-likeness (QED) is 0.582. The Kier molecular flexibility index (Phi) is 6.51. The lowest BCUT2D eigenvalue weighted by molar-refractivity contribution is -0.120. The van der Waals surface area contributed by atoms with Gasteiger partial charge in [-0.15, -0.1) is 0 Å². The summed E-state index contributed by atoms with van der Waals surface area (Å²) in [4.78, 5) is 24.4. The van der Waals surface area contributed by atoms with Crippen LogP contribution >= 0.6 is 0 Å². The summed E-state index contributed by atoms with van der Waals surface area (Å²) in [6.07, 6.45) is 1.44. The summed E-state index contributed by atoms with van der Waals surface area (Å²) in [7, 11) is 1.58. The van der Waals surface area contributed by atoms with Gasteiger partial charge >= 0.3 is 0 Å². The molecule has 1 heterocycles. The number of aromatic nitrogens is 2. The van der Waals surface area contributed by atoms with Crippen molar-refractivity contribution < 1.29 is 22.8 Å². The highest BCUT2D eigenvalue weighted by atomic mass is 19.1. The Balaban J connectivity index is 1.56. The molecular formula is C21H19F3N4O2. The van der Waals surface area contributed by atoms with E-state index in [2.05, 4.69) is 15.7 Å². The summed E-state index contributed by atoms with van der Waals surface area (Å²) in [6.45, 7) is 0.272. The van der Waals surface area contributed by atoms with Gasteiger partial charge in [0.05, 0.1) is 12.0 Å². The molecule has 6 nitrogen and oxygen atoms in total. The standard InChI is InChI=1S/C21H19F3N4O2/c1-28-12-17(20(27-28)16-6-5-15(23)11-18(16)24)21(30)26-8-7-25-19(29)10-13-3-2-4-14(22)9-13/h2-6,9,11-12H,7-8,10H2,1H3,(H,25,29)(H,26,30). The van der Waals surface area contributed by atoms with Crippen LogP contribution in [-0.2, 0) is 18.3 Å². The maximum Gasteiger partial charge on any atom is 0.255 e. The van der Waals surface area contributed by atoms with Crippen LogP contribution in [0.3, 0.4) is 0 Å². The lowest BCUT2D eigenvalue weighted by Crippen LogP contribution is -2.35. The first-order valence-electron chi connectivity index (χ1n) is 9.12. The topological polar surface area (TPSA) is 76.0 Å². The van der Waals surface area contributed by atoms with E-state index in [1.807, 2.05) is 0 Å². The number of carbonyl (C=O) groups is 2. The Hall–Kier alpha value is -3.62. The number of aryl methyl sites for hydroxylation is 1. The first-order chi connectivity index (χ1) is 14.3. The molecule has 0 saturated heterocycles. The molecule has 0 unspecified atom stereocenters. The molecule has 2 N–H and O–H groups in total. The number of benzene rings is 2. The van der Waals surface area contributed by atoms with Crippen molar-refractivity contribution in [2.75, 3.05) is 13.1 Å². The minimum Gasteiger partial charge on any atom is -0.354 e. The van der Waals surface area contributed by atoms with Crippen LogP contribution < -0.4 is 10.6 Å². The number of hydrogen-bond donors (Lipinski definition) is 2. The van der Waals surface area contributed by atoms with E-state index in [-0.39, 0.29) is 42.2 Å². The van der Waals surface area contributed by atoms with Crippen LogP contribution in [0.5, 0.6) is 0 Å². The van der Waals surface area contributed by atoms with Crippen molar-refractivity contribution in [1.82, 2.24) is 20.4 Å². The molecular weight excluding hydrogens is 397 g/mol. The number of rotatable bonds is 7. The average molecular weight is 416 g/mol. The summed E-state index contributed by atoms with van der Waals surface area (Å²) in [5.74, 6) is -2.80. The molecule has 2 amide bonds. The highest BCUT2D eigenvalue weighted by Gasteiger charge is 2.20. The molecule has 3 aromatic rings. The molecule has 0 spiro atoms. The van der Waals surface area contributed by atoms with Crippen molar-refractivity contribution in [2.24, 2.45) is 7.05 Å². The molecule has 0 bridgehead atoms. The molecule has 156 valence electrons. The van der Waals surface area contributed by atoms with Crippen LogP contribution in [0.15, 0.2) is 48.7 Å². The van der Waals surface area contributed by atoms with E-state index in [4.69, 9.17) is 0 Å². The Bertz CT molecular complexity index is 1080. The summed E-state index contributed by atoms with van der Waals surface area (Å²) in [6, 6.07) is 8.76. The second-order valence-electron chi connectivity index (χ2n) is 6.60. The summed E-state index contributed by atoms with van der Waals surface area (Å²) in [5, 5.41) is 9.34. The van der Waals surface area contributed by atoms with Crippen LogP contribution in [0, 0.1) is 17.5 Å². The van der Waals surface area contributed by atoms with E-state index in [0.717, 1.165) is 12.1 Å². The van der Waals surface area contributed by atoms with Crippen LogP contribution in [0.1, 0.15) is 15.9 Å². The maximum absolute atomic E-state index is 14.1. The van der Waals surface area contributed by atoms with E-state index in [0.29, 0.717) is 5.56 Å². The van der Waals surface area contributed by atoms with Gasteiger partial charge in [0.25, 0.3) is 5.91 Å². The molecule has 0 radical (unpaired) electrons. The van der Waals surface area contributed by atoms with E-state index >= 15 is 0 Å². The molecule has 0 aliphatic heterocycles. The molecule has 2 aromatic carbocycles. The minimum atomic E-state index is -0.827. The maximum atomic E-state index is 14.1. The number of carbonyl (C=O) groups excluding carboxylic acids is 2. The third kappa shape index (κ3) is 5.25. The van der Waals surface area contributed by atoms with Crippen molar-refractivity contribution in [3.05, 3.63) is 77.2 Å². The number of nitrogens with one attached hydrogen (secondary N) is 2. The third-order valence-electron chi connectivity index (χ3n) is 4.25. The normalized spacial score (nSPS) is 10.7.